The molecule has 3 aromatic carbocycles. The predicted molar refractivity (Wildman–Crippen MR) is 224 cm³/mol. The number of rotatable bonds is 11. The van der Waals surface area contributed by atoms with E-state index in [4.69, 9.17) is 4.74 Å². The van der Waals surface area contributed by atoms with Gasteiger partial charge in [0, 0.05) is 9.49 Å². The van der Waals surface area contributed by atoms with Crippen molar-refractivity contribution in [3.05, 3.63) is 101 Å². The summed E-state index contributed by atoms with van der Waals surface area (Å²) in [5, 5.41) is 32.6. The van der Waals surface area contributed by atoms with Crippen LogP contribution in [0.5, 0.6) is 5.75 Å². The number of aryl methyl sites for hydroxylation is 2. The van der Waals surface area contributed by atoms with E-state index in [9.17, 15) is 53.7 Å². The first kappa shape index (κ1) is 50.1. The third-order valence-corrected chi connectivity index (χ3v) is 14.6. The Hall–Kier alpha value is -3.88. The van der Waals surface area contributed by atoms with E-state index in [1.165, 1.54) is 51.0 Å². The molecular weight excluding hydrogens is 875 g/mol. The molecule has 1 aliphatic carbocycles. The zero-order chi connectivity index (χ0) is 44.1. The molecule has 8 rings (SSSR count). The summed E-state index contributed by atoms with van der Waals surface area (Å²) in [6.45, 7) is 6.99. The number of β-lactam (4-membered cyclic amide) rings is 2. The Morgan fingerprint density at radius 3 is 1.54 bits per heavy atom. The number of carboxylic acid groups (broad SMARTS) is 3. The van der Waals surface area contributed by atoms with Gasteiger partial charge >= 0.3 is 83.0 Å². The number of amides is 4. The molecular formula is C43H46N4Na2O12S2. The van der Waals surface area contributed by atoms with Crippen LogP contribution in [0, 0.1) is 0 Å². The summed E-state index contributed by atoms with van der Waals surface area (Å²) in [5.74, 6) is -8.99. The summed E-state index contributed by atoms with van der Waals surface area (Å²) >= 11 is 2.62. The zero-order valence-corrected chi connectivity index (χ0v) is 41.1. The molecule has 5 N–H and O–H groups in total. The van der Waals surface area contributed by atoms with E-state index in [0.717, 1.165) is 24.8 Å². The normalized spacial score (nSPS) is 25.0. The number of carbonyl (C=O) groups is 8. The Balaban J connectivity index is 0.000000338. The minimum atomic E-state index is -1.44. The largest absolute Gasteiger partial charge is 1.00 e. The maximum atomic E-state index is 13.4. The van der Waals surface area contributed by atoms with Crippen molar-refractivity contribution in [3.8, 4) is 5.75 Å². The molecule has 5 aliphatic rings. The first-order valence-corrected chi connectivity index (χ1v) is 21.3. The van der Waals surface area contributed by atoms with Gasteiger partial charge in [-0.05, 0) is 81.3 Å². The Kier molecular flexibility index (Phi) is 15.7. The van der Waals surface area contributed by atoms with Gasteiger partial charge in [0.25, 0.3) is 0 Å². The number of benzene rings is 3. The van der Waals surface area contributed by atoms with Gasteiger partial charge in [-0.15, -0.1) is 23.5 Å². The molecule has 4 aliphatic heterocycles. The fourth-order valence-electron chi connectivity index (χ4n) is 8.64. The summed E-state index contributed by atoms with van der Waals surface area (Å²) in [5.41, 5.74) is 3.14. The number of esters is 1. The van der Waals surface area contributed by atoms with Gasteiger partial charge in [-0.25, -0.2) is 9.59 Å². The van der Waals surface area contributed by atoms with Crippen LogP contribution in [-0.2, 0) is 51.2 Å². The molecule has 2 unspecified atom stereocenters. The monoisotopic (exact) mass is 920 g/mol. The number of carbonyl (C=O) groups excluding carboxylic acids is 5. The molecule has 324 valence electrons. The SMILES string of the molecule is CC1(C)S[C@@H]2[C@H](NC(=O)C(C(=O)O)c3ccccc3)C(=O)N2[C@H]1C(=O)O.CC1(C)S[C@@H]2[C@H](NC(=O)C(C(=O)Oc3ccc4c(c3)CCC4)c3ccccc3)C(=O)N2[C@H]1C(=O)O.[H-].[H-].[Na+].[Na+]. The number of nitrogens with one attached hydrogen (secondary N) is 2. The number of fused-ring (bicyclic) bond motifs is 3. The molecule has 0 radical (unpaired) electrons. The van der Waals surface area contributed by atoms with E-state index in [1.807, 2.05) is 12.1 Å². The van der Waals surface area contributed by atoms with Crippen molar-refractivity contribution in [2.75, 3.05) is 0 Å². The molecule has 16 nitrogen and oxygen atoms in total. The molecule has 0 aromatic heterocycles. The van der Waals surface area contributed by atoms with Crippen molar-refractivity contribution in [1.29, 1.82) is 0 Å². The van der Waals surface area contributed by atoms with Crippen molar-refractivity contribution in [1.82, 2.24) is 20.4 Å². The van der Waals surface area contributed by atoms with Crippen LogP contribution in [-0.4, -0.2) is 117 Å². The van der Waals surface area contributed by atoms with Gasteiger partial charge < -0.3 is 43.3 Å². The Labute approximate surface area is 418 Å². The second kappa shape index (κ2) is 19.7. The van der Waals surface area contributed by atoms with Crippen molar-refractivity contribution >= 4 is 71.0 Å². The van der Waals surface area contributed by atoms with Gasteiger partial charge in [0.2, 0.25) is 23.6 Å². The maximum Gasteiger partial charge on any atom is 1.00 e. The molecule has 4 amide bonds. The zero-order valence-electron chi connectivity index (χ0n) is 37.5. The molecule has 4 saturated heterocycles. The summed E-state index contributed by atoms with van der Waals surface area (Å²) < 4.78 is 4.21. The quantitative estimate of drug-likeness (QED) is 0.0431. The van der Waals surface area contributed by atoms with Gasteiger partial charge in [-0.2, -0.15) is 0 Å². The van der Waals surface area contributed by atoms with Crippen molar-refractivity contribution in [2.45, 2.75) is 103 Å². The topological polar surface area (TPSA) is 237 Å². The molecule has 3 aromatic rings. The summed E-state index contributed by atoms with van der Waals surface area (Å²) in [4.78, 5) is 102. The third-order valence-electron chi connectivity index (χ3n) is 11.5. The standard InChI is InChI=1S/C26H26N2O6S.C17H18N2O6S.2Na.2H/c1-26(2)20(24(31)32)28-22(30)19(23(28)35-26)27-21(29)18(15-7-4-3-5-8-15)25(33)34-17-12-11-14-9-6-10-16(14)13-17;1-17(2)11(16(24)25)19-13(21)10(14(19)26-17)18-12(20)9(15(22)23)8-6-4-3-5-7-8;;;;/h3-5,7-8,11-13,18-20,23H,6,9-10H2,1-2H3,(H,27,29)(H,31,32);3-7,9-11,14H,1-2H3,(H,18,20)(H,22,23)(H,24,25);;;;/q;;2*+1;2*-1/t18?,19-,20+,23-;9?,10-,11+,14-;;;;/m11..../s1. The van der Waals surface area contributed by atoms with E-state index < -0.39 is 104 Å². The number of carboxylic acids is 3. The van der Waals surface area contributed by atoms with Crippen LogP contribution < -0.4 is 74.5 Å². The fraction of sp³-hybridized carbons (Fsp3) is 0.395. The van der Waals surface area contributed by atoms with Crippen molar-refractivity contribution in [3.63, 3.8) is 0 Å². The third kappa shape index (κ3) is 9.74. The van der Waals surface area contributed by atoms with E-state index >= 15 is 0 Å². The van der Waals surface area contributed by atoms with E-state index in [2.05, 4.69) is 10.6 Å². The molecule has 4 fully saturated rings. The van der Waals surface area contributed by atoms with Crippen LogP contribution in [0.3, 0.4) is 0 Å². The fourth-order valence-corrected chi connectivity index (χ4v) is 11.9. The van der Waals surface area contributed by atoms with E-state index in [0.29, 0.717) is 16.9 Å². The number of hydrogen-bond donors (Lipinski definition) is 5. The summed E-state index contributed by atoms with van der Waals surface area (Å²) in [6, 6.07) is 18.3. The summed E-state index contributed by atoms with van der Waals surface area (Å²) in [7, 11) is 0. The Morgan fingerprint density at radius 2 is 1.10 bits per heavy atom. The average Bonchev–Trinajstić information content (AvgIpc) is 3.85. The number of nitrogens with zero attached hydrogens (tertiary/aromatic N) is 2. The Bertz CT molecular complexity index is 2330. The second-order valence-electron chi connectivity index (χ2n) is 16.4. The minimum Gasteiger partial charge on any atom is -1.00 e. The van der Waals surface area contributed by atoms with Gasteiger partial charge in [0.15, 0.2) is 11.8 Å². The molecule has 0 spiro atoms. The van der Waals surface area contributed by atoms with Crippen LogP contribution in [0.1, 0.15) is 71.1 Å². The van der Waals surface area contributed by atoms with Gasteiger partial charge in [-0.3, -0.25) is 28.8 Å². The van der Waals surface area contributed by atoms with Gasteiger partial charge in [0.1, 0.15) is 40.7 Å². The second-order valence-corrected chi connectivity index (χ2v) is 19.9. The number of ether oxygens (including phenoxy) is 1. The van der Waals surface area contributed by atoms with Crippen LogP contribution in [0.25, 0.3) is 0 Å². The van der Waals surface area contributed by atoms with Crippen LogP contribution in [0.2, 0.25) is 0 Å². The molecule has 4 heterocycles. The predicted octanol–water partition coefficient (Wildman–Crippen LogP) is -2.78. The molecule has 63 heavy (non-hydrogen) atoms. The molecule has 0 bridgehead atoms. The van der Waals surface area contributed by atoms with Gasteiger partial charge in [0.05, 0.1) is 0 Å². The first-order chi connectivity index (χ1) is 28.8. The van der Waals surface area contributed by atoms with E-state index in [1.54, 1.807) is 82.3 Å². The number of hydrogen-bond acceptors (Lipinski definition) is 11. The van der Waals surface area contributed by atoms with E-state index in [-0.39, 0.29) is 62.0 Å². The van der Waals surface area contributed by atoms with Gasteiger partial charge in [-0.1, -0.05) is 66.7 Å². The maximum absolute atomic E-state index is 13.4. The summed E-state index contributed by atoms with van der Waals surface area (Å²) in [6.07, 6.45) is 2.99. The van der Waals surface area contributed by atoms with Crippen molar-refractivity contribution in [2.24, 2.45) is 0 Å². The Morgan fingerprint density at radius 1 is 0.667 bits per heavy atom. The average molecular weight is 921 g/mol. The number of thioether (sulfide) groups is 2. The molecule has 8 atom stereocenters. The number of aliphatic carboxylic acids is 3. The smallest absolute Gasteiger partial charge is 1.00 e. The first-order valence-electron chi connectivity index (χ1n) is 19.5. The van der Waals surface area contributed by atoms with Crippen LogP contribution in [0.15, 0.2) is 78.9 Å². The molecule has 20 heteroatoms. The van der Waals surface area contributed by atoms with Crippen LogP contribution in [0.4, 0.5) is 0 Å². The van der Waals surface area contributed by atoms with Crippen molar-refractivity contribution < 1.29 is 120 Å². The van der Waals surface area contributed by atoms with Crippen LogP contribution >= 0.6 is 23.5 Å². The minimum absolute atomic E-state index is 0. The molecule has 0 saturated carbocycles.